The zero-order chi connectivity index (χ0) is 15.1. The summed E-state index contributed by atoms with van der Waals surface area (Å²) < 4.78 is 10.7. The van der Waals surface area contributed by atoms with Crippen LogP contribution in [0.15, 0.2) is 41.0 Å². The minimum atomic E-state index is 0.154. The highest BCUT2D eigenvalue weighted by Gasteiger charge is 2.10. The second kappa shape index (κ2) is 8.44. The summed E-state index contributed by atoms with van der Waals surface area (Å²) in [6.45, 7) is 4.12. The van der Waals surface area contributed by atoms with Gasteiger partial charge in [0.25, 0.3) is 0 Å². The van der Waals surface area contributed by atoms with Gasteiger partial charge in [0.1, 0.15) is 12.4 Å². The molecule has 3 nitrogen and oxygen atoms in total. The molecule has 0 saturated heterocycles. The molecule has 0 radical (unpaired) electrons. The Bertz CT molecular complexity index is 543. The molecule has 1 aromatic carbocycles. The van der Waals surface area contributed by atoms with Gasteiger partial charge < -0.3 is 14.5 Å². The third kappa shape index (κ3) is 5.04. The number of ether oxygens (including phenoxy) is 1. The smallest absolute Gasteiger partial charge is 0.129 e. The molecule has 1 N–H and O–H groups in total. The van der Waals surface area contributed by atoms with Crippen molar-refractivity contribution in [3.05, 3.63) is 58.0 Å². The summed E-state index contributed by atoms with van der Waals surface area (Å²) in [6.07, 6.45) is 2.57. The molecule has 2 rings (SSSR count). The van der Waals surface area contributed by atoms with Gasteiger partial charge in [-0.3, -0.25) is 0 Å². The van der Waals surface area contributed by atoms with E-state index >= 15 is 0 Å². The van der Waals surface area contributed by atoms with E-state index in [1.807, 2.05) is 24.3 Å². The lowest BCUT2D eigenvalue weighted by atomic mass is 10.1. The van der Waals surface area contributed by atoms with Crippen molar-refractivity contribution in [1.29, 1.82) is 0 Å². The first kappa shape index (κ1) is 16.4. The predicted octanol–water partition coefficient (Wildman–Crippen LogP) is 4.84. The molecule has 0 aliphatic heterocycles. The summed E-state index contributed by atoms with van der Waals surface area (Å²) in [7, 11) is 0. The Hall–Kier alpha value is -1.000. The molecule has 114 valence electrons. The quantitative estimate of drug-likeness (QED) is 0.704. The Labute approximate surface area is 135 Å². The maximum atomic E-state index is 6.20. The maximum absolute atomic E-state index is 6.20. The molecule has 0 amide bonds. The summed E-state index contributed by atoms with van der Waals surface area (Å²) in [6, 6.07) is 9.61. The van der Waals surface area contributed by atoms with Crippen LogP contribution >= 0.6 is 23.2 Å². The molecule has 1 unspecified atom stereocenters. The van der Waals surface area contributed by atoms with Gasteiger partial charge in [-0.2, -0.15) is 0 Å². The highest BCUT2D eigenvalue weighted by atomic mass is 35.5. The van der Waals surface area contributed by atoms with Crippen LogP contribution in [-0.4, -0.2) is 13.2 Å². The number of hydrogen-bond donors (Lipinski definition) is 1. The lowest BCUT2D eigenvalue weighted by molar-refractivity contribution is 0.104. The van der Waals surface area contributed by atoms with E-state index in [0.29, 0.717) is 23.3 Å². The maximum Gasteiger partial charge on any atom is 0.129 e. The van der Waals surface area contributed by atoms with Crippen LogP contribution in [0.25, 0.3) is 0 Å². The summed E-state index contributed by atoms with van der Waals surface area (Å²) in [5, 5.41) is 4.62. The van der Waals surface area contributed by atoms with Gasteiger partial charge in [-0.05, 0) is 43.7 Å². The van der Waals surface area contributed by atoms with Crippen LogP contribution in [0, 0.1) is 0 Å². The highest BCUT2D eigenvalue weighted by Crippen LogP contribution is 2.29. The van der Waals surface area contributed by atoms with E-state index in [1.54, 1.807) is 12.3 Å². The Morgan fingerprint density at radius 2 is 2.10 bits per heavy atom. The number of halogens is 2. The summed E-state index contributed by atoms with van der Waals surface area (Å²) in [5.41, 5.74) is 1.01. The fourth-order valence-corrected chi connectivity index (χ4v) is 2.50. The van der Waals surface area contributed by atoms with Crippen molar-refractivity contribution in [2.75, 3.05) is 13.2 Å². The highest BCUT2D eigenvalue weighted by molar-refractivity contribution is 6.42. The predicted molar refractivity (Wildman–Crippen MR) is 85.9 cm³/mol. The van der Waals surface area contributed by atoms with E-state index in [1.165, 1.54) is 0 Å². The van der Waals surface area contributed by atoms with Gasteiger partial charge >= 0.3 is 0 Å². The lowest BCUT2D eigenvalue weighted by Crippen LogP contribution is -2.21. The van der Waals surface area contributed by atoms with Gasteiger partial charge in [-0.1, -0.05) is 35.3 Å². The first-order chi connectivity index (χ1) is 10.2. The van der Waals surface area contributed by atoms with Gasteiger partial charge in [-0.25, -0.2) is 0 Å². The molecule has 2 aromatic rings. The standard InChI is InChI=1S/C16H19Cl2NO2/c1-12(14-6-2-7-15(17)16(14)18)19-8-4-9-20-11-13-5-3-10-21-13/h2-3,5-7,10,12,19H,4,8-9,11H2,1H3. The molecular weight excluding hydrogens is 309 g/mol. The first-order valence-electron chi connectivity index (χ1n) is 6.96. The number of benzene rings is 1. The van der Waals surface area contributed by atoms with Crippen LogP contribution in [0.3, 0.4) is 0 Å². The number of rotatable bonds is 8. The van der Waals surface area contributed by atoms with E-state index in [-0.39, 0.29) is 6.04 Å². The van der Waals surface area contributed by atoms with Crippen molar-refractivity contribution in [3.8, 4) is 0 Å². The molecule has 5 heteroatoms. The van der Waals surface area contributed by atoms with Crippen LogP contribution in [0.4, 0.5) is 0 Å². The topological polar surface area (TPSA) is 34.4 Å². The summed E-state index contributed by atoms with van der Waals surface area (Å²) in [4.78, 5) is 0. The van der Waals surface area contributed by atoms with Crippen LogP contribution in [-0.2, 0) is 11.3 Å². The summed E-state index contributed by atoms with van der Waals surface area (Å²) in [5.74, 6) is 0.849. The Kier molecular flexibility index (Phi) is 6.58. The SMILES string of the molecule is CC(NCCCOCc1ccco1)c1cccc(Cl)c1Cl. The van der Waals surface area contributed by atoms with Crippen LogP contribution in [0.2, 0.25) is 10.0 Å². The van der Waals surface area contributed by atoms with Gasteiger partial charge in [-0.15, -0.1) is 0 Å². The zero-order valence-corrected chi connectivity index (χ0v) is 13.5. The van der Waals surface area contributed by atoms with Crippen molar-refractivity contribution < 1.29 is 9.15 Å². The lowest BCUT2D eigenvalue weighted by Gasteiger charge is -2.16. The Morgan fingerprint density at radius 1 is 1.24 bits per heavy atom. The Balaban J connectivity index is 1.65. The average molecular weight is 328 g/mol. The third-order valence-electron chi connectivity index (χ3n) is 3.19. The second-order valence-electron chi connectivity index (χ2n) is 4.80. The minimum absolute atomic E-state index is 0.154. The molecule has 0 spiro atoms. The van der Waals surface area contributed by atoms with Crippen molar-refractivity contribution in [1.82, 2.24) is 5.32 Å². The Morgan fingerprint density at radius 3 is 2.86 bits per heavy atom. The third-order valence-corrected chi connectivity index (χ3v) is 4.02. The van der Waals surface area contributed by atoms with E-state index in [4.69, 9.17) is 32.4 Å². The summed E-state index contributed by atoms with van der Waals surface area (Å²) >= 11 is 12.2. The van der Waals surface area contributed by atoms with Crippen molar-refractivity contribution >= 4 is 23.2 Å². The molecule has 0 bridgehead atoms. The van der Waals surface area contributed by atoms with Crippen molar-refractivity contribution in [3.63, 3.8) is 0 Å². The van der Waals surface area contributed by atoms with Gasteiger partial charge in [0.05, 0.1) is 16.3 Å². The van der Waals surface area contributed by atoms with E-state index in [0.717, 1.165) is 24.3 Å². The van der Waals surface area contributed by atoms with E-state index < -0.39 is 0 Å². The van der Waals surface area contributed by atoms with Crippen LogP contribution < -0.4 is 5.32 Å². The molecule has 0 fully saturated rings. The molecular formula is C16H19Cl2NO2. The fourth-order valence-electron chi connectivity index (χ4n) is 2.03. The largest absolute Gasteiger partial charge is 0.467 e. The molecule has 1 atom stereocenters. The first-order valence-corrected chi connectivity index (χ1v) is 7.71. The number of nitrogens with one attached hydrogen (secondary N) is 1. The molecule has 1 aromatic heterocycles. The molecule has 0 aliphatic rings. The van der Waals surface area contributed by atoms with Gasteiger partial charge in [0, 0.05) is 12.6 Å². The normalized spacial score (nSPS) is 12.5. The molecule has 21 heavy (non-hydrogen) atoms. The molecule has 0 saturated carbocycles. The monoisotopic (exact) mass is 327 g/mol. The van der Waals surface area contributed by atoms with Crippen molar-refractivity contribution in [2.45, 2.75) is 26.0 Å². The minimum Gasteiger partial charge on any atom is -0.467 e. The molecule has 1 heterocycles. The van der Waals surface area contributed by atoms with Gasteiger partial charge in [0.2, 0.25) is 0 Å². The number of furan rings is 1. The zero-order valence-electron chi connectivity index (χ0n) is 11.9. The molecule has 0 aliphatic carbocycles. The second-order valence-corrected chi connectivity index (χ2v) is 5.59. The van der Waals surface area contributed by atoms with Crippen LogP contribution in [0.1, 0.15) is 30.7 Å². The van der Waals surface area contributed by atoms with E-state index in [9.17, 15) is 0 Å². The van der Waals surface area contributed by atoms with Gasteiger partial charge in [0.15, 0.2) is 0 Å². The van der Waals surface area contributed by atoms with E-state index in [2.05, 4.69) is 12.2 Å². The fraction of sp³-hybridized carbons (Fsp3) is 0.375. The van der Waals surface area contributed by atoms with Crippen LogP contribution in [0.5, 0.6) is 0 Å². The number of hydrogen-bond acceptors (Lipinski definition) is 3. The van der Waals surface area contributed by atoms with Crippen molar-refractivity contribution in [2.24, 2.45) is 0 Å². The average Bonchev–Trinajstić information content (AvgIpc) is 2.98.